The van der Waals surface area contributed by atoms with Crippen molar-refractivity contribution < 1.29 is 22.4 Å². The molecular formula is C8H9F4NO. The summed E-state index contributed by atoms with van der Waals surface area (Å²) >= 11 is 0. The number of alkyl halides is 4. The standard InChI is InChI=1S/C8H9F4NO/c9-2-6-5-1-8(11,12)3-7(5,4-10)14-13-6/h5H,1-4H2/t5-,7+/m1/s1. The number of oxime groups is 1. The molecule has 0 amide bonds. The Morgan fingerprint density at radius 3 is 2.71 bits per heavy atom. The number of hydrogen-bond donors (Lipinski definition) is 0. The fourth-order valence-electron chi connectivity index (χ4n) is 2.13. The molecule has 1 heterocycles. The van der Waals surface area contributed by atoms with Crippen LogP contribution >= 0.6 is 0 Å². The maximum Gasteiger partial charge on any atom is 0.253 e. The van der Waals surface area contributed by atoms with Gasteiger partial charge in [0, 0.05) is 6.42 Å². The van der Waals surface area contributed by atoms with Crippen LogP contribution in [0.2, 0.25) is 0 Å². The van der Waals surface area contributed by atoms with Gasteiger partial charge in [0.1, 0.15) is 13.3 Å². The Morgan fingerprint density at radius 1 is 1.43 bits per heavy atom. The van der Waals surface area contributed by atoms with Crippen molar-refractivity contribution >= 4 is 5.71 Å². The molecule has 2 rings (SSSR count). The van der Waals surface area contributed by atoms with Crippen LogP contribution in [-0.2, 0) is 4.84 Å². The van der Waals surface area contributed by atoms with Crippen LogP contribution in [0.4, 0.5) is 17.6 Å². The Balaban J connectivity index is 2.26. The number of fused-ring (bicyclic) bond motifs is 1. The summed E-state index contributed by atoms with van der Waals surface area (Å²) in [7, 11) is 0. The minimum absolute atomic E-state index is 0.0974. The second kappa shape index (κ2) is 2.84. The van der Waals surface area contributed by atoms with E-state index in [1.165, 1.54) is 0 Å². The average molecular weight is 211 g/mol. The molecular weight excluding hydrogens is 202 g/mol. The second-order valence-corrected chi connectivity index (χ2v) is 3.80. The van der Waals surface area contributed by atoms with Crippen molar-refractivity contribution in [3.63, 3.8) is 0 Å². The zero-order valence-corrected chi connectivity index (χ0v) is 7.27. The molecule has 1 aliphatic carbocycles. The van der Waals surface area contributed by atoms with E-state index in [9.17, 15) is 17.6 Å². The predicted octanol–water partition coefficient (Wildman–Crippen LogP) is 2.10. The Bertz CT molecular complexity index is 281. The van der Waals surface area contributed by atoms with Crippen molar-refractivity contribution in [3.05, 3.63) is 0 Å². The zero-order chi connectivity index (χ0) is 10.4. The fraction of sp³-hybridized carbons (Fsp3) is 0.875. The van der Waals surface area contributed by atoms with E-state index < -0.39 is 43.6 Å². The molecule has 0 aromatic rings. The van der Waals surface area contributed by atoms with Crippen molar-refractivity contribution in [3.8, 4) is 0 Å². The summed E-state index contributed by atoms with van der Waals surface area (Å²) in [6.07, 6.45) is -1.28. The Labute approximate surface area is 77.9 Å². The van der Waals surface area contributed by atoms with Gasteiger partial charge in [-0.15, -0.1) is 0 Å². The van der Waals surface area contributed by atoms with Gasteiger partial charge < -0.3 is 4.84 Å². The largest absolute Gasteiger partial charge is 0.385 e. The summed E-state index contributed by atoms with van der Waals surface area (Å²) < 4.78 is 50.9. The van der Waals surface area contributed by atoms with Gasteiger partial charge in [0.15, 0.2) is 5.60 Å². The fourth-order valence-corrected chi connectivity index (χ4v) is 2.13. The molecule has 2 aliphatic rings. The third-order valence-corrected chi connectivity index (χ3v) is 2.81. The van der Waals surface area contributed by atoms with E-state index in [1.807, 2.05) is 0 Å². The molecule has 6 heteroatoms. The molecule has 0 N–H and O–H groups in total. The lowest BCUT2D eigenvalue weighted by Crippen LogP contribution is -2.37. The van der Waals surface area contributed by atoms with Gasteiger partial charge in [0.2, 0.25) is 0 Å². The van der Waals surface area contributed by atoms with Crippen LogP contribution in [-0.4, -0.2) is 30.6 Å². The van der Waals surface area contributed by atoms with Gasteiger partial charge >= 0.3 is 0 Å². The van der Waals surface area contributed by atoms with Gasteiger partial charge in [-0.1, -0.05) is 5.16 Å². The van der Waals surface area contributed by atoms with E-state index in [1.54, 1.807) is 0 Å². The molecule has 14 heavy (non-hydrogen) atoms. The van der Waals surface area contributed by atoms with E-state index in [4.69, 9.17) is 0 Å². The van der Waals surface area contributed by atoms with E-state index >= 15 is 0 Å². The molecule has 0 aromatic carbocycles. The molecule has 1 saturated carbocycles. The minimum Gasteiger partial charge on any atom is -0.385 e. The van der Waals surface area contributed by atoms with E-state index in [-0.39, 0.29) is 5.71 Å². The quantitative estimate of drug-likeness (QED) is 0.641. The van der Waals surface area contributed by atoms with E-state index in [0.717, 1.165) is 0 Å². The van der Waals surface area contributed by atoms with Crippen LogP contribution in [0.5, 0.6) is 0 Å². The highest BCUT2D eigenvalue weighted by Gasteiger charge is 2.63. The number of nitrogens with zero attached hydrogens (tertiary/aromatic N) is 1. The van der Waals surface area contributed by atoms with Gasteiger partial charge in [-0.3, -0.25) is 0 Å². The lowest BCUT2D eigenvalue weighted by molar-refractivity contribution is -0.0791. The minimum atomic E-state index is -2.98. The molecule has 2 atom stereocenters. The van der Waals surface area contributed by atoms with Crippen LogP contribution in [0.1, 0.15) is 12.8 Å². The summed E-state index contributed by atoms with van der Waals surface area (Å²) in [5, 5.41) is 3.32. The van der Waals surface area contributed by atoms with Crippen LogP contribution in [0.15, 0.2) is 5.16 Å². The number of rotatable bonds is 2. The van der Waals surface area contributed by atoms with Crippen LogP contribution in [0.25, 0.3) is 0 Å². The first-order chi connectivity index (χ1) is 6.53. The van der Waals surface area contributed by atoms with Gasteiger partial charge in [0.05, 0.1) is 18.1 Å². The van der Waals surface area contributed by atoms with Crippen molar-refractivity contribution in [2.45, 2.75) is 24.4 Å². The van der Waals surface area contributed by atoms with Crippen molar-refractivity contribution in [1.82, 2.24) is 0 Å². The molecule has 0 spiro atoms. The van der Waals surface area contributed by atoms with Crippen molar-refractivity contribution in [2.75, 3.05) is 13.3 Å². The summed E-state index contributed by atoms with van der Waals surface area (Å²) in [5.41, 5.74) is -1.70. The van der Waals surface area contributed by atoms with E-state index in [2.05, 4.69) is 9.99 Å². The second-order valence-electron chi connectivity index (χ2n) is 3.80. The Kier molecular flexibility index (Phi) is 1.97. The topological polar surface area (TPSA) is 21.6 Å². The Morgan fingerprint density at radius 2 is 2.14 bits per heavy atom. The Hall–Kier alpha value is -0.810. The van der Waals surface area contributed by atoms with Crippen LogP contribution < -0.4 is 0 Å². The SMILES string of the molecule is FCC1=NO[C@]2(CF)CC(F)(F)C[C@H]12. The van der Waals surface area contributed by atoms with Gasteiger partial charge in [-0.05, 0) is 0 Å². The smallest absolute Gasteiger partial charge is 0.253 e. The first kappa shape index (κ1) is 9.73. The highest BCUT2D eigenvalue weighted by molar-refractivity contribution is 5.90. The summed E-state index contributed by atoms with van der Waals surface area (Å²) in [6.45, 7) is -2.01. The molecule has 1 aliphatic heterocycles. The zero-order valence-electron chi connectivity index (χ0n) is 7.27. The molecule has 80 valence electrons. The first-order valence-corrected chi connectivity index (χ1v) is 4.28. The van der Waals surface area contributed by atoms with Crippen LogP contribution in [0, 0.1) is 5.92 Å². The van der Waals surface area contributed by atoms with Crippen molar-refractivity contribution in [2.24, 2.45) is 11.1 Å². The number of halogens is 4. The third-order valence-electron chi connectivity index (χ3n) is 2.81. The highest BCUT2D eigenvalue weighted by Crippen LogP contribution is 2.51. The maximum absolute atomic E-state index is 13.0. The molecule has 2 nitrogen and oxygen atoms in total. The number of hydrogen-bond acceptors (Lipinski definition) is 2. The van der Waals surface area contributed by atoms with E-state index in [0.29, 0.717) is 0 Å². The highest BCUT2D eigenvalue weighted by atomic mass is 19.3. The normalized spacial score (nSPS) is 39.1. The summed E-state index contributed by atoms with van der Waals surface area (Å²) in [5.74, 6) is -3.89. The molecule has 0 unspecified atom stereocenters. The molecule has 0 radical (unpaired) electrons. The van der Waals surface area contributed by atoms with Gasteiger partial charge in [-0.2, -0.15) is 0 Å². The lowest BCUT2D eigenvalue weighted by Gasteiger charge is -2.22. The monoisotopic (exact) mass is 211 g/mol. The summed E-state index contributed by atoms with van der Waals surface area (Å²) in [4.78, 5) is 4.65. The molecule has 0 bridgehead atoms. The summed E-state index contributed by atoms with van der Waals surface area (Å²) in [6, 6.07) is 0. The van der Waals surface area contributed by atoms with Crippen molar-refractivity contribution in [1.29, 1.82) is 0 Å². The average Bonchev–Trinajstić information content (AvgIpc) is 2.56. The third kappa shape index (κ3) is 1.19. The lowest BCUT2D eigenvalue weighted by atomic mass is 9.89. The molecule has 1 fully saturated rings. The first-order valence-electron chi connectivity index (χ1n) is 4.28. The predicted molar refractivity (Wildman–Crippen MR) is 40.9 cm³/mol. The van der Waals surface area contributed by atoms with Crippen LogP contribution in [0.3, 0.4) is 0 Å². The molecule has 0 aromatic heterocycles. The molecule has 0 saturated heterocycles. The van der Waals surface area contributed by atoms with Gasteiger partial charge in [-0.25, -0.2) is 17.6 Å². The van der Waals surface area contributed by atoms with Gasteiger partial charge in [0.25, 0.3) is 5.92 Å². The maximum atomic E-state index is 13.0.